The van der Waals surface area contributed by atoms with E-state index in [4.69, 9.17) is 0 Å². The average Bonchev–Trinajstić information content (AvgIpc) is 2.61. The summed E-state index contributed by atoms with van der Waals surface area (Å²) in [6, 6.07) is 8.22. The lowest BCUT2D eigenvalue weighted by Gasteiger charge is -2.35. The predicted octanol–water partition coefficient (Wildman–Crippen LogP) is 0.106. The quantitative estimate of drug-likeness (QED) is 0.681. The molecule has 0 bridgehead atoms. The molecule has 1 aromatic carbocycles. The van der Waals surface area contributed by atoms with Crippen LogP contribution in [0.25, 0.3) is 0 Å². The van der Waals surface area contributed by atoms with Gasteiger partial charge in [-0.25, -0.2) is 0 Å². The molecule has 1 aromatic rings. The van der Waals surface area contributed by atoms with Gasteiger partial charge in [0.1, 0.15) is 6.29 Å². The molecule has 7 nitrogen and oxygen atoms in total. The zero-order valence-corrected chi connectivity index (χ0v) is 14.0. The van der Waals surface area contributed by atoms with E-state index in [0.717, 1.165) is 43.8 Å². The van der Waals surface area contributed by atoms with Crippen LogP contribution in [0.2, 0.25) is 0 Å². The third kappa shape index (κ3) is 5.06. The first-order chi connectivity index (χ1) is 11.6. The molecule has 0 unspecified atom stereocenters. The Labute approximate surface area is 142 Å². The first kappa shape index (κ1) is 17.9. The van der Waals surface area contributed by atoms with Gasteiger partial charge in [-0.2, -0.15) is 0 Å². The van der Waals surface area contributed by atoms with E-state index in [0.29, 0.717) is 19.5 Å². The number of nitrogens with one attached hydrogen (secondary N) is 1. The molecule has 1 N–H and O–H groups in total. The van der Waals surface area contributed by atoms with Crippen LogP contribution in [0, 0.1) is 0 Å². The lowest BCUT2D eigenvalue weighted by atomic mass is 10.2. The van der Waals surface area contributed by atoms with Gasteiger partial charge in [0, 0.05) is 57.6 Å². The maximum absolute atomic E-state index is 11.3. The maximum Gasteiger partial charge on any atom is 0.228 e. The second kappa shape index (κ2) is 9.02. The van der Waals surface area contributed by atoms with E-state index >= 15 is 0 Å². The Morgan fingerprint density at radius 3 is 2.42 bits per heavy atom. The van der Waals surface area contributed by atoms with Gasteiger partial charge in [0.15, 0.2) is 0 Å². The summed E-state index contributed by atoms with van der Waals surface area (Å²) in [6.07, 6.45) is 1.64. The molecule has 0 atom stereocenters. The summed E-state index contributed by atoms with van der Waals surface area (Å²) >= 11 is 0. The van der Waals surface area contributed by atoms with Crippen LogP contribution in [0.3, 0.4) is 0 Å². The van der Waals surface area contributed by atoms with Crippen molar-refractivity contribution >= 4 is 30.0 Å². The highest BCUT2D eigenvalue weighted by Crippen LogP contribution is 2.21. The summed E-state index contributed by atoms with van der Waals surface area (Å²) in [5.41, 5.74) is 2.19. The fourth-order valence-corrected chi connectivity index (χ4v) is 2.75. The monoisotopic (exact) mass is 332 g/mol. The molecule has 1 aliphatic heterocycles. The largest absolute Gasteiger partial charge is 0.374 e. The number of carbonyl (C=O) groups is 3. The van der Waals surface area contributed by atoms with Crippen molar-refractivity contribution in [2.24, 2.45) is 0 Å². The molecule has 0 saturated carbocycles. The zero-order valence-electron chi connectivity index (χ0n) is 14.0. The molecule has 130 valence electrons. The summed E-state index contributed by atoms with van der Waals surface area (Å²) < 4.78 is 0. The van der Waals surface area contributed by atoms with Gasteiger partial charge in [0.2, 0.25) is 12.3 Å². The number of nitrogens with zero attached hydrogens (tertiary/aromatic N) is 3. The van der Waals surface area contributed by atoms with E-state index < -0.39 is 0 Å². The molecule has 2 rings (SSSR count). The second-order valence-electron chi connectivity index (χ2n) is 5.83. The predicted molar refractivity (Wildman–Crippen MR) is 93.3 cm³/mol. The van der Waals surface area contributed by atoms with Crippen molar-refractivity contribution in [3.63, 3.8) is 0 Å². The van der Waals surface area contributed by atoms with Gasteiger partial charge in [-0.05, 0) is 24.3 Å². The van der Waals surface area contributed by atoms with E-state index in [1.54, 1.807) is 0 Å². The fraction of sp³-hybridized carbons (Fsp3) is 0.471. The lowest BCUT2D eigenvalue weighted by Crippen LogP contribution is -2.46. The van der Waals surface area contributed by atoms with Crippen molar-refractivity contribution in [3.05, 3.63) is 24.3 Å². The molecule has 1 aliphatic rings. The minimum Gasteiger partial charge on any atom is -0.374 e. The van der Waals surface area contributed by atoms with Crippen LogP contribution in [0.15, 0.2) is 24.3 Å². The summed E-state index contributed by atoms with van der Waals surface area (Å²) in [6.45, 7) is 4.67. The standard InChI is InChI=1S/C17H24N4O3/c1-19(7-6-17(24)18-14-23)15-2-4-16(5-3-15)21-10-8-20(9-11-21)12-13-22/h2-5,13-14H,6-12H2,1H3,(H,18,23,24). The molecule has 7 heteroatoms. The van der Waals surface area contributed by atoms with E-state index in [1.807, 2.05) is 24.1 Å². The molecule has 0 aliphatic carbocycles. The van der Waals surface area contributed by atoms with Crippen LogP contribution >= 0.6 is 0 Å². The van der Waals surface area contributed by atoms with Gasteiger partial charge in [-0.1, -0.05) is 0 Å². The highest BCUT2D eigenvalue weighted by Gasteiger charge is 2.16. The van der Waals surface area contributed by atoms with E-state index in [-0.39, 0.29) is 12.3 Å². The highest BCUT2D eigenvalue weighted by atomic mass is 16.2. The number of amides is 2. The number of aldehydes is 1. The Morgan fingerprint density at radius 2 is 1.83 bits per heavy atom. The van der Waals surface area contributed by atoms with E-state index in [9.17, 15) is 14.4 Å². The minimum absolute atomic E-state index is 0.273. The molecule has 1 heterocycles. The number of hydrogen-bond donors (Lipinski definition) is 1. The zero-order chi connectivity index (χ0) is 17.4. The van der Waals surface area contributed by atoms with E-state index in [2.05, 4.69) is 27.2 Å². The van der Waals surface area contributed by atoms with Crippen LogP contribution < -0.4 is 15.1 Å². The Morgan fingerprint density at radius 1 is 1.17 bits per heavy atom. The Balaban J connectivity index is 1.85. The van der Waals surface area contributed by atoms with Gasteiger partial charge < -0.3 is 14.6 Å². The lowest BCUT2D eigenvalue weighted by molar-refractivity contribution is -0.125. The van der Waals surface area contributed by atoms with Crippen molar-refractivity contribution < 1.29 is 14.4 Å². The SMILES string of the molecule is CN(CCC(=O)NC=O)c1ccc(N2CCN(CC=O)CC2)cc1. The van der Waals surface area contributed by atoms with Crippen LogP contribution in [0.1, 0.15) is 6.42 Å². The number of piperazine rings is 1. The molecule has 0 aromatic heterocycles. The van der Waals surface area contributed by atoms with Crippen molar-refractivity contribution in [1.82, 2.24) is 10.2 Å². The topological polar surface area (TPSA) is 73.0 Å². The van der Waals surface area contributed by atoms with Crippen LogP contribution in [-0.4, -0.2) is 69.8 Å². The number of anilines is 2. The third-order valence-corrected chi connectivity index (χ3v) is 4.25. The Kier molecular flexibility index (Phi) is 6.74. The van der Waals surface area contributed by atoms with Crippen LogP contribution in [0.4, 0.5) is 11.4 Å². The average molecular weight is 332 g/mol. The van der Waals surface area contributed by atoms with Gasteiger partial charge >= 0.3 is 0 Å². The Hall–Kier alpha value is -2.41. The highest BCUT2D eigenvalue weighted by molar-refractivity contribution is 5.86. The minimum atomic E-state index is -0.276. The van der Waals surface area contributed by atoms with E-state index in [1.165, 1.54) is 0 Å². The van der Waals surface area contributed by atoms with Gasteiger partial charge in [-0.15, -0.1) is 0 Å². The van der Waals surface area contributed by atoms with Crippen molar-refractivity contribution in [2.45, 2.75) is 6.42 Å². The summed E-state index contributed by atoms with van der Waals surface area (Å²) in [5, 5.41) is 2.14. The number of benzene rings is 1. The molecular weight excluding hydrogens is 308 g/mol. The van der Waals surface area contributed by atoms with Crippen LogP contribution in [0.5, 0.6) is 0 Å². The van der Waals surface area contributed by atoms with Gasteiger partial charge in [0.05, 0.1) is 6.54 Å². The summed E-state index contributed by atoms with van der Waals surface area (Å²) in [4.78, 5) is 38.5. The van der Waals surface area contributed by atoms with Crippen molar-refractivity contribution in [3.8, 4) is 0 Å². The van der Waals surface area contributed by atoms with Gasteiger partial charge in [-0.3, -0.25) is 19.8 Å². The number of carbonyl (C=O) groups excluding carboxylic acids is 3. The van der Waals surface area contributed by atoms with Crippen LogP contribution in [-0.2, 0) is 14.4 Å². The molecule has 1 saturated heterocycles. The number of imide groups is 1. The van der Waals surface area contributed by atoms with Crippen molar-refractivity contribution in [2.75, 3.05) is 56.1 Å². The molecule has 1 fully saturated rings. The number of rotatable bonds is 8. The maximum atomic E-state index is 11.3. The molecule has 2 amide bonds. The first-order valence-corrected chi connectivity index (χ1v) is 8.09. The molecule has 0 radical (unpaired) electrons. The molecule has 24 heavy (non-hydrogen) atoms. The van der Waals surface area contributed by atoms with Crippen molar-refractivity contribution in [1.29, 1.82) is 0 Å². The first-order valence-electron chi connectivity index (χ1n) is 8.09. The molecular formula is C17H24N4O3. The number of hydrogen-bond acceptors (Lipinski definition) is 6. The third-order valence-electron chi connectivity index (χ3n) is 4.25. The normalized spacial score (nSPS) is 15.0. The van der Waals surface area contributed by atoms with Gasteiger partial charge in [0.25, 0.3) is 0 Å². The Bertz CT molecular complexity index is 553. The molecule has 0 spiro atoms. The second-order valence-corrected chi connectivity index (χ2v) is 5.83. The summed E-state index contributed by atoms with van der Waals surface area (Å²) in [7, 11) is 1.92. The smallest absolute Gasteiger partial charge is 0.228 e. The summed E-state index contributed by atoms with van der Waals surface area (Å²) in [5.74, 6) is -0.276. The fourth-order valence-electron chi connectivity index (χ4n) is 2.75.